The largest absolute Gasteiger partial charge is 0.383 e. The molecule has 27 heavy (non-hydrogen) atoms. The Morgan fingerprint density at radius 2 is 1.74 bits per heavy atom. The van der Waals surface area contributed by atoms with Gasteiger partial charge in [0.1, 0.15) is 12.4 Å². The molecule has 0 aliphatic rings. The van der Waals surface area contributed by atoms with E-state index in [4.69, 9.17) is 4.74 Å². The number of nitrogens with one attached hydrogen (secondary N) is 2. The van der Waals surface area contributed by atoms with Crippen LogP contribution in [-0.2, 0) is 24.8 Å². The van der Waals surface area contributed by atoms with E-state index in [-0.39, 0.29) is 24.0 Å². The maximum atomic E-state index is 5.11. The minimum atomic E-state index is 0. The van der Waals surface area contributed by atoms with Crippen LogP contribution in [0.25, 0.3) is 0 Å². The average molecular weight is 486 g/mol. The van der Waals surface area contributed by atoms with Crippen LogP contribution in [0.4, 0.5) is 0 Å². The second-order valence-corrected chi connectivity index (χ2v) is 6.48. The number of aliphatic imine (C=N–C) groups is 1. The molecular weight excluding hydrogens is 455 g/mol. The molecule has 2 N–H and O–H groups in total. The molecule has 1 aromatic heterocycles. The van der Waals surface area contributed by atoms with E-state index >= 15 is 0 Å². The first-order valence-corrected chi connectivity index (χ1v) is 8.92. The monoisotopic (exact) mass is 486 g/mol. The molecule has 2 aromatic rings. The van der Waals surface area contributed by atoms with Gasteiger partial charge in [0.05, 0.1) is 6.61 Å². The summed E-state index contributed by atoms with van der Waals surface area (Å²) < 4.78 is 7.06. The van der Waals surface area contributed by atoms with Gasteiger partial charge in [-0.15, -0.1) is 34.2 Å². The highest BCUT2D eigenvalue weighted by Gasteiger charge is 2.05. The van der Waals surface area contributed by atoms with Crippen molar-refractivity contribution >= 4 is 29.9 Å². The number of hydrogen-bond donors (Lipinski definition) is 2. The number of guanidine groups is 1. The van der Waals surface area contributed by atoms with Crippen LogP contribution < -0.4 is 10.6 Å². The van der Waals surface area contributed by atoms with Gasteiger partial charge < -0.3 is 19.9 Å². The van der Waals surface area contributed by atoms with Gasteiger partial charge in [0, 0.05) is 27.2 Å². The van der Waals surface area contributed by atoms with Crippen molar-refractivity contribution in [1.29, 1.82) is 0 Å². The van der Waals surface area contributed by atoms with Crippen LogP contribution in [0.3, 0.4) is 0 Å². The Kier molecular flexibility index (Phi) is 10.3. The van der Waals surface area contributed by atoms with E-state index in [1.807, 2.05) is 18.5 Å². The lowest BCUT2D eigenvalue weighted by atomic mass is 10.1. The van der Waals surface area contributed by atoms with Crippen LogP contribution in [0.5, 0.6) is 0 Å². The van der Waals surface area contributed by atoms with E-state index in [2.05, 4.69) is 57.9 Å². The molecule has 0 bridgehead atoms. The van der Waals surface area contributed by atoms with Crippen molar-refractivity contribution in [2.24, 2.45) is 12.0 Å². The molecule has 0 saturated carbocycles. The predicted molar refractivity (Wildman–Crippen MR) is 120 cm³/mol. The molecule has 0 unspecified atom stereocenters. The van der Waals surface area contributed by atoms with Crippen molar-refractivity contribution in [3.05, 3.63) is 46.5 Å². The lowest BCUT2D eigenvalue weighted by Gasteiger charge is -2.13. The summed E-state index contributed by atoms with van der Waals surface area (Å²) in [6.07, 6.45) is 0.941. The first kappa shape index (κ1) is 23.4. The van der Waals surface area contributed by atoms with Crippen molar-refractivity contribution in [2.75, 3.05) is 26.8 Å². The van der Waals surface area contributed by atoms with Gasteiger partial charge in [0.2, 0.25) is 0 Å². The highest BCUT2D eigenvalue weighted by Crippen LogP contribution is 2.09. The summed E-state index contributed by atoms with van der Waals surface area (Å²) in [6, 6.07) is 6.65. The smallest absolute Gasteiger partial charge is 0.191 e. The zero-order valence-corrected chi connectivity index (χ0v) is 19.2. The molecule has 7 nitrogen and oxygen atoms in total. The van der Waals surface area contributed by atoms with Crippen molar-refractivity contribution < 1.29 is 4.74 Å². The van der Waals surface area contributed by atoms with Gasteiger partial charge in [0.15, 0.2) is 11.8 Å². The first-order valence-electron chi connectivity index (χ1n) is 8.92. The third kappa shape index (κ3) is 7.84. The highest BCUT2D eigenvalue weighted by molar-refractivity contribution is 14.0. The Bertz CT molecular complexity index is 724. The minimum Gasteiger partial charge on any atom is -0.383 e. The third-order valence-electron chi connectivity index (χ3n) is 4.15. The second-order valence-electron chi connectivity index (χ2n) is 6.48. The molecule has 0 atom stereocenters. The summed E-state index contributed by atoms with van der Waals surface area (Å²) in [7, 11) is 3.64. The highest BCUT2D eigenvalue weighted by atomic mass is 127. The SMILES string of the molecule is COCCNC(=NCc1nnc(C)n1C)NCCc1cc(C)cc(C)c1.I. The maximum absolute atomic E-state index is 5.11. The van der Waals surface area contributed by atoms with E-state index < -0.39 is 0 Å². The lowest BCUT2D eigenvalue weighted by molar-refractivity contribution is 0.203. The van der Waals surface area contributed by atoms with Crippen molar-refractivity contribution in [2.45, 2.75) is 33.7 Å². The molecular formula is C19H31IN6O. The quantitative estimate of drug-likeness (QED) is 0.259. The molecule has 2 rings (SSSR count). The van der Waals surface area contributed by atoms with E-state index in [0.29, 0.717) is 19.7 Å². The Morgan fingerprint density at radius 3 is 2.33 bits per heavy atom. The summed E-state index contributed by atoms with van der Waals surface area (Å²) in [6.45, 7) is 8.80. The number of aromatic nitrogens is 3. The molecule has 0 aliphatic carbocycles. The standard InChI is InChI=1S/C19H30N6O.HI/c1-14-10-15(2)12-17(11-14)6-7-20-19(21-8-9-26-5)22-13-18-24-23-16(3)25(18)4;/h10-12H,6-9,13H2,1-5H3,(H2,20,21,22);1H. The molecule has 8 heteroatoms. The number of rotatable bonds is 8. The topological polar surface area (TPSA) is 76.4 Å². The zero-order valence-electron chi connectivity index (χ0n) is 16.9. The van der Waals surface area contributed by atoms with E-state index in [0.717, 1.165) is 30.6 Å². The number of hydrogen-bond acceptors (Lipinski definition) is 4. The van der Waals surface area contributed by atoms with Crippen LogP contribution in [-0.4, -0.2) is 47.5 Å². The van der Waals surface area contributed by atoms with E-state index in [9.17, 15) is 0 Å². The average Bonchev–Trinajstić information content (AvgIpc) is 2.90. The first-order chi connectivity index (χ1) is 12.5. The molecule has 150 valence electrons. The van der Waals surface area contributed by atoms with Gasteiger partial charge in [-0.05, 0) is 32.8 Å². The van der Waals surface area contributed by atoms with Gasteiger partial charge in [-0.1, -0.05) is 29.3 Å². The summed E-state index contributed by atoms with van der Waals surface area (Å²) in [5.41, 5.74) is 3.92. The summed E-state index contributed by atoms with van der Waals surface area (Å²) in [4.78, 5) is 4.62. The van der Waals surface area contributed by atoms with E-state index in [1.54, 1.807) is 7.11 Å². The molecule has 1 aromatic carbocycles. The van der Waals surface area contributed by atoms with Crippen molar-refractivity contribution in [3.63, 3.8) is 0 Å². The second kappa shape index (κ2) is 11.9. The van der Waals surface area contributed by atoms with Crippen LogP contribution in [0.15, 0.2) is 23.2 Å². The number of benzene rings is 1. The fourth-order valence-electron chi connectivity index (χ4n) is 2.72. The number of halogens is 1. The normalized spacial score (nSPS) is 11.2. The number of ether oxygens (including phenoxy) is 1. The van der Waals surface area contributed by atoms with Gasteiger partial charge in [0.25, 0.3) is 0 Å². The minimum absolute atomic E-state index is 0. The summed E-state index contributed by atoms with van der Waals surface area (Å²) >= 11 is 0. The van der Waals surface area contributed by atoms with Gasteiger partial charge in [-0.3, -0.25) is 0 Å². The Balaban J connectivity index is 0.00000364. The third-order valence-corrected chi connectivity index (χ3v) is 4.15. The Hall–Kier alpha value is -1.68. The van der Waals surface area contributed by atoms with Crippen LogP contribution >= 0.6 is 24.0 Å². The predicted octanol–water partition coefficient (Wildman–Crippen LogP) is 2.28. The van der Waals surface area contributed by atoms with Gasteiger partial charge in [-0.25, -0.2) is 4.99 Å². The molecule has 0 fully saturated rings. The number of nitrogens with zero attached hydrogens (tertiary/aromatic N) is 4. The summed E-state index contributed by atoms with van der Waals surface area (Å²) in [5, 5.41) is 14.9. The number of aryl methyl sites for hydroxylation is 3. The molecule has 0 radical (unpaired) electrons. The Morgan fingerprint density at radius 1 is 1.07 bits per heavy atom. The van der Waals surface area contributed by atoms with E-state index in [1.165, 1.54) is 16.7 Å². The molecule has 1 heterocycles. The molecule has 0 spiro atoms. The molecule has 0 amide bonds. The summed E-state index contributed by atoms with van der Waals surface area (Å²) in [5.74, 6) is 2.48. The fraction of sp³-hybridized carbons (Fsp3) is 0.526. The van der Waals surface area contributed by atoms with Gasteiger partial charge >= 0.3 is 0 Å². The van der Waals surface area contributed by atoms with Crippen LogP contribution in [0.1, 0.15) is 28.3 Å². The Labute approximate surface area is 179 Å². The van der Waals surface area contributed by atoms with Crippen molar-refractivity contribution in [1.82, 2.24) is 25.4 Å². The van der Waals surface area contributed by atoms with Crippen LogP contribution in [0, 0.1) is 20.8 Å². The molecule has 0 saturated heterocycles. The van der Waals surface area contributed by atoms with Gasteiger partial charge in [-0.2, -0.15) is 0 Å². The molecule has 0 aliphatic heterocycles. The van der Waals surface area contributed by atoms with Crippen molar-refractivity contribution in [3.8, 4) is 0 Å². The number of methoxy groups -OCH3 is 1. The van der Waals surface area contributed by atoms with Crippen LogP contribution in [0.2, 0.25) is 0 Å². The zero-order chi connectivity index (χ0) is 18.9. The maximum Gasteiger partial charge on any atom is 0.191 e. The fourth-order valence-corrected chi connectivity index (χ4v) is 2.72. The lowest BCUT2D eigenvalue weighted by Crippen LogP contribution is -2.40.